The fourth-order valence-corrected chi connectivity index (χ4v) is 6.36. The van der Waals surface area contributed by atoms with Gasteiger partial charge >= 0.3 is 5.97 Å². The molecule has 0 amide bonds. The lowest BCUT2D eigenvalue weighted by Gasteiger charge is -2.37. The van der Waals surface area contributed by atoms with E-state index in [1.807, 2.05) is 6.92 Å². The molecule has 2 atom stereocenters. The molecule has 0 bridgehead atoms. The van der Waals surface area contributed by atoms with Gasteiger partial charge < -0.3 is 14.2 Å². The molecule has 0 radical (unpaired) electrons. The van der Waals surface area contributed by atoms with Crippen molar-refractivity contribution in [2.75, 3.05) is 6.61 Å². The summed E-state index contributed by atoms with van der Waals surface area (Å²) in [6.45, 7) is 4.88. The first-order valence-electron chi connectivity index (χ1n) is 14.2. The minimum absolute atomic E-state index is 0.193. The molecular formula is C31H37F3O4. The van der Waals surface area contributed by atoms with Gasteiger partial charge in [0.1, 0.15) is 6.10 Å². The van der Waals surface area contributed by atoms with E-state index in [-0.39, 0.29) is 35.2 Å². The normalized spacial score (nSPS) is 24.8. The summed E-state index contributed by atoms with van der Waals surface area (Å²) in [6, 6.07) is 4.58. The summed E-state index contributed by atoms with van der Waals surface area (Å²) in [4.78, 5) is 12.9. The minimum Gasteiger partial charge on any atom is -0.459 e. The fraction of sp³-hybridized carbons (Fsp3) is 0.581. The summed E-state index contributed by atoms with van der Waals surface area (Å²) >= 11 is 0. The Hall–Kier alpha value is -2.54. The summed E-state index contributed by atoms with van der Waals surface area (Å²) in [5.74, 6) is -3.18. The number of ether oxygens (including phenoxy) is 3. The average molecular weight is 531 g/mol. The zero-order valence-corrected chi connectivity index (χ0v) is 22.3. The van der Waals surface area contributed by atoms with Crippen LogP contribution in [-0.4, -0.2) is 24.8 Å². The number of carbonyl (C=O) groups is 1. The van der Waals surface area contributed by atoms with E-state index >= 15 is 4.39 Å². The maximum absolute atomic E-state index is 15.4. The summed E-state index contributed by atoms with van der Waals surface area (Å²) in [6.07, 6.45) is 9.37. The molecule has 38 heavy (non-hydrogen) atoms. The minimum atomic E-state index is -1.12. The molecule has 206 valence electrons. The lowest BCUT2D eigenvalue weighted by atomic mass is 9.76. The number of benzene rings is 2. The Morgan fingerprint density at radius 1 is 0.895 bits per heavy atom. The zero-order chi connectivity index (χ0) is 26.8. The molecular weight excluding hydrogens is 493 g/mol. The smallest absolute Gasteiger partial charge is 0.341 e. The SMILES string of the molecule is CCCc1cc2c(c(F)c1F)Oc1c(ccc(C(=O)OC3CCC(C4CCC(CCC)OC4)CC3)c1F)C2. The Kier molecular flexibility index (Phi) is 8.32. The van der Waals surface area contributed by atoms with Crippen LogP contribution in [0.3, 0.4) is 0 Å². The number of rotatable bonds is 7. The number of aryl methyl sites for hydroxylation is 1. The predicted molar refractivity (Wildman–Crippen MR) is 138 cm³/mol. The molecule has 0 aromatic heterocycles. The monoisotopic (exact) mass is 530 g/mol. The molecule has 2 heterocycles. The molecule has 0 spiro atoms. The van der Waals surface area contributed by atoms with Crippen LogP contribution in [0.5, 0.6) is 11.5 Å². The van der Waals surface area contributed by atoms with E-state index in [2.05, 4.69) is 6.92 Å². The van der Waals surface area contributed by atoms with Crippen molar-refractivity contribution in [1.82, 2.24) is 0 Å². The second kappa shape index (κ2) is 11.7. The Morgan fingerprint density at radius 2 is 1.63 bits per heavy atom. The average Bonchev–Trinajstić information content (AvgIpc) is 2.92. The van der Waals surface area contributed by atoms with Crippen molar-refractivity contribution in [3.05, 3.63) is 57.9 Å². The van der Waals surface area contributed by atoms with Gasteiger partial charge in [-0.25, -0.2) is 13.6 Å². The van der Waals surface area contributed by atoms with Crippen LogP contribution in [-0.2, 0) is 22.3 Å². The van der Waals surface area contributed by atoms with Gasteiger partial charge in [-0.1, -0.05) is 32.8 Å². The second-order valence-electron chi connectivity index (χ2n) is 11.1. The largest absolute Gasteiger partial charge is 0.459 e. The number of carbonyl (C=O) groups excluding carboxylic acids is 1. The maximum Gasteiger partial charge on any atom is 0.341 e. The van der Waals surface area contributed by atoms with Crippen LogP contribution in [0.2, 0.25) is 0 Å². The van der Waals surface area contributed by atoms with E-state index in [0.717, 1.165) is 51.6 Å². The van der Waals surface area contributed by atoms with Crippen molar-refractivity contribution in [3.63, 3.8) is 0 Å². The molecule has 3 aliphatic rings. The molecule has 5 rings (SSSR count). The van der Waals surface area contributed by atoms with Crippen molar-refractivity contribution in [1.29, 1.82) is 0 Å². The number of halogens is 3. The van der Waals surface area contributed by atoms with Crippen molar-refractivity contribution in [2.24, 2.45) is 11.8 Å². The second-order valence-corrected chi connectivity index (χ2v) is 11.1. The standard InChI is InChI=1S/C31H37F3O4/c1-3-5-19-15-22-16-20-10-14-25(27(33)29(20)38-30(22)28(34)26(19)32)31(35)37-24-12-7-18(8-13-24)21-9-11-23(6-4-2)36-17-21/h10,14-15,18,21,23-24H,3-9,11-13,16-17H2,1-2H3. The fourth-order valence-electron chi connectivity index (χ4n) is 6.36. The molecule has 2 aromatic carbocycles. The summed E-state index contributed by atoms with van der Waals surface area (Å²) in [5, 5.41) is 0. The van der Waals surface area contributed by atoms with Crippen LogP contribution >= 0.6 is 0 Å². The Labute approximate surface area is 222 Å². The first kappa shape index (κ1) is 27.0. The van der Waals surface area contributed by atoms with E-state index in [0.29, 0.717) is 41.9 Å². The number of hydrogen-bond donors (Lipinski definition) is 0. The lowest BCUT2D eigenvalue weighted by molar-refractivity contribution is -0.0478. The van der Waals surface area contributed by atoms with Crippen LogP contribution in [0.25, 0.3) is 0 Å². The number of hydrogen-bond acceptors (Lipinski definition) is 4. The van der Waals surface area contributed by atoms with Crippen molar-refractivity contribution >= 4 is 5.97 Å². The first-order valence-corrected chi connectivity index (χ1v) is 14.2. The third-order valence-corrected chi connectivity index (χ3v) is 8.49. The molecule has 2 aromatic rings. The van der Waals surface area contributed by atoms with Gasteiger partial charge in [0.25, 0.3) is 0 Å². The van der Waals surface area contributed by atoms with Gasteiger partial charge in [-0.3, -0.25) is 0 Å². The van der Waals surface area contributed by atoms with Gasteiger partial charge in [-0.05, 0) is 80.9 Å². The highest BCUT2D eigenvalue weighted by Gasteiger charge is 2.34. The molecule has 1 saturated carbocycles. The Morgan fingerprint density at radius 3 is 2.32 bits per heavy atom. The van der Waals surface area contributed by atoms with Crippen LogP contribution in [0.4, 0.5) is 13.2 Å². The highest BCUT2D eigenvalue weighted by atomic mass is 19.2. The van der Waals surface area contributed by atoms with Gasteiger partial charge in [-0.15, -0.1) is 0 Å². The molecule has 1 aliphatic carbocycles. The summed E-state index contributed by atoms with van der Waals surface area (Å²) in [7, 11) is 0. The third-order valence-electron chi connectivity index (χ3n) is 8.49. The maximum atomic E-state index is 15.4. The molecule has 4 nitrogen and oxygen atoms in total. The number of fused-ring (bicyclic) bond motifs is 2. The molecule has 1 saturated heterocycles. The van der Waals surface area contributed by atoms with E-state index < -0.39 is 23.4 Å². The highest BCUT2D eigenvalue weighted by Crippen LogP contribution is 2.43. The van der Waals surface area contributed by atoms with Crippen molar-refractivity contribution < 1.29 is 32.2 Å². The van der Waals surface area contributed by atoms with Gasteiger partial charge in [0, 0.05) is 17.5 Å². The van der Waals surface area contributed by atoms with Gasteiger partial charge in [-0.2, -0.15) is 4.39 Å². The lowest BCUT2D eigenvalue weighted by Crippen LogP contribution is -2.34. The summed E-state index contributed by atoms with van der Waals surface area (Å²) < 4.78 is 61.9. The zero-order valence-electron chi connectivity index (χ0n) is 22.3. The molecule has 2 fully saturated rings. The van der Waals surface area contributed by atoms with Gasteiger partial charge in [0.2, 0.25) is 5.82 Å². The first-order chi connectivity index (χ1) is 18.4. The van der Waals surface area contributed by atoms with Crippen LogP contribution in [0.15, 0.2) is 18.2 Å². The van der Waals surface area contributed by atoms with Crippen LogP contribution < -0.4 is 4.74 Å². The van der Waals surface area contributed by atoms with Crippen molar-refractivity contribution in [3.8, 4) is 11.5 Å². The highest BCUT2D eigenvalue weighted by molar-refractivity contribution is 5.90. The van der Waals surface area contributed by atoms with Crippen LogP contribution in [0.1, 0.15) is 98.7 Å². The molecule has 0 N–H and O–H groups in total. The molecule has 2 aliphatic heterocycles. The van der Waals surface area contributed by atoms with E-state index in [9.17, 15) is 13.6 Å². The predicted octanol–water partition coefficient (Wildman–Crippen LogP) is 8.06. The number of esters is 1. The van der Waals surface area contributed by atoms with E-state index in [1.165, 1.54) is 12.5 Å². The van der Waals surface area contributed by atoms with Crippen molar-refractivity contribution in [2.45, 2.75) is 96.7 Å². The van der Waals surface area contributed by atoms with Crippen LogP contribution in [0, 0.1) is 29.3 Å². The summed E-state index contributed by atoms with van der Waals surface area (Å²) in [5.41, 5.74) is 0.982. The van der Waals surface area contributed by atoms with Gasteiger partial charge in [0.05, 0.1) is 18.3 Å². The third kappa shape index (κ3) is 5.45. The molecule has 2 unspecified atom stereocenters. The van der Waals surface area contributed by atoms with E-state index in [1.54, 1.807) is 12.1 Å². The topological polar surface area (TPSA) is 44.8 Å². The Bertz CT molecular complexity index is 1160. The Balaban J connectivity index is 1.21. The van der Waals surface area contributed by atoms with Gasteiger partial charge in [0.15, 0.2) is 23.1 Å². The molecule has 7 heteroatoms. The van der Waals surface area contributed by atoms with E-state index in [4.69, 9.17) is 14.2 Å². The quantitative estimate of drug-likeness (QED) is 0.290.